The summed E-state index contributed by atoms with van der Waals surface area (Å²) in [5, 5.41) is 0. The van der Waals surface area contributed by atoms with Crippen LogP contribution in [0.1, 0.15) is 44.1 Å². The molecular weight excluding hydrogens is 270 g/mol. The Hall–Kier alpha value is -1.25. The molecule has 0 atom stereocenters. The highest BCUT2D eigenvalue weighted by atomic mass is 19.1. The van der Waals surface area contributed by atoms with Gasteiger partial charge in [-0.3, -0.25) is 4.79 Å². The number of hydrogen-bond donors (Lipinski definition) is 0. The van der Waals surface area contributed by atoms with E-state index in [0.29, 0.717) is 23.3 Å². The monoisotopic (exact) mass is 290 g/mol. The molecule has 0 spiro atoms. The Labute approximate surface area is 123 Å². The van der Waals surface area contributed by atoms with Gasteiger partial charge in [0.1, 0.15) is 17.4 Å². The van der Waals surface area contributed by atoms with Gasteiger partial charge in [0.05, 0.1) is 0 Å². The van der Waals surface area contributed by atoms with Crippen LogP contribution in [0.2, 0.25) is 0 Å². The highest BCUT2D eigenvalue weighted by molar-refractivity contribution is 5.87. The van der Waals surface area contributed by atoms with Crippen molar-refractivity contribution in [1.82, 2.24) is 0 Å². The van der Waals surface area contributed by atoms with E-state index >= 15 is 0 Å². The van der Waals surface area contributed by atoms with Crippen LogP contribution in [0.15, 0.2) is 18.2 Å². The summed E-state index contributed by atoms with van der Waals surface area (Å²) < 4.78 is 26.8. The van der Waals surface area contributed by atoms with Crippen molar-refractivity contribution in [1.29, 1.82) is 0 Å². The van der Waals surface area contributed by atoms with Crippen LogP contribution in [0.5, 0.6) is 0 Å². The molecule has 3 heteroatoms. The second-order valence-electron chi connectivity index (χ2n) is 7.53. The van der Waals surface area contributed by atoms with E-state index in [2.05, 4.69) is 0 Å². The van der Waals surface area contributed by atoms with Crippen LogP contribution in [0, 0.1) is 34.8 Å². The van der Waals surface area contributed by atoms with Crippen molar-refractivity contribution >= 4 is 5.78 Å². The number of benzene rings is 1. The summed E-state index contributed by atoms with van der Waals surface area (Å²) in [4.78, 5) is 12.8. The maximum absolute atomic E-state index is 13.8. The molecule has 0 aromatic heterocycles. The summed E-state index contributed by atoms with van der Waals surface area (Å²) in [6.07, 6.45) is 6.99. The Balaban J connectivity index is 1.57. The molecule has 21 heavy (non-hydrogen) atoms. The number of carbonyl (C=O) groups is 1. The highest BCUT2D eigenvalue weighted by Crippen LogP contribution is 2.60. The van der Waals surface area contributed by atoms with Gasteiger partial charge in [0.25, 0.3) is 0 Å². The number of hydrogen-bond acceptors (Lipinski definition) is 1. The van der Waals surface area contributed by atoms with Gasteiger partial charge in [-0.1, -0.05) is 6.07 Å². The Morgan fingerprint density at radius 2 is 1.62 bits per heavy atom. The van der Waals surface area contributed by atoms with Gasteiger partial charge >= 0.3 is 0 Å². The molecule has 0 N–H and O–H groups in total. The van der Waals surface area contributed by atoms with Gasteiger partial charge in [-0.05, 0) is 67.9 Å². The molecule has 1 nitrogen and oxygen atoms in total. The van der Waals surface area contributed by atoms with Crippen molar-refractivity contribution < 1.29 is 13.6 Å². The van der Waals surface area contributed by atoms with Gasteiger partial charge < -0.3 is 0 Å². The van der Waals surface area contributed by atoms with Crippen LogP contribution in [0.4, 0.5) is 8.78 Å². The highest BCUT2D eigenvalue weighted by Gasteiger charge is 2.54. The summed E-state index contributed by atoms with van der Waals surface area (Å²) in [7, 11) is 0. The Morgan fingerprint density at radius 1 is 1.05 bits per heavy atom. The number of ketones is 1. The summed E-state index contributed by atoms with van der Waals surface area (Å²) in [6.45, 7) is 0. The molecule has 0 unspecified atom stereocenters. The van der Waals surface area contributed by atoms with E-state index in [1.165, 1.54) is 31.4 Å². The van der Waals surface area contributed by atoms with E-state index < -0.39 is 11.6 Å². The second-order valence-corrected chi connectivity index (χ2v) is 7.53. The standard InChI is InChI=1S/C18H20F2O/c19-15-2-1-14(16(20)7-15)6-17(21)18-8-11-3-12(9-18)5-13(4-11)10-18/h1-2,7,11-13H,3-6,8-10H2. The molecule has 0 saturated heterocycles. The van der Waals surface area contributed by atoms with Crippen molar-refractivity contribution in [2.24, 2.45) is 23.2 Å². The van der Waals surface area contributed by atoms with Crippen LogP contribution < -0.4 is 0 Å². The van der Waals surface area contributed by atoms with Gasteiger partial charge in [-0.25, -0.2) is 8.78 Å². The predicted octanol–water partition coefficient (Wildman–Crippen LogP) is 4.29. The average molecular weight is 290 g/mol. The van der Waals surface area contributed by atoms with E-state index in [1.807, 2.05) is 0 Å². The SMILES string of the molecule is O=C(Cc1ccc(F)cc1F)C12CC3CC(CC(C3)C1)C2. The molecular formula is C18H20F2O. The van der Waals surface area contributed by atoms with E-state index in [1.54, 1.807) is 0 Å². The molecule has 0 radical (unpaired) electrons. The first-order valence-electron chi connectivity index (χ1n) is 8.01. The zero-order valence-corrected chi connectivity index (χ0v) is 12.1. The summed E-state index contributed by atoms with van der Waals surface area (Å²) >= 11 is 0. The molecule has 4 bridgehead atoms. The minimum absolute atomic E-state index is 0.123. The first-order valence-corrected chi connectivity index (χ1v) is 8.01. The van der Waals surface area contributed by atoms with E-state index in [4.69, 9.17) is 0 Å². The van der Waals surface area contributed by atoms with Crippen LogP contribution in [0.25, 0.3) is 0 Å². The van der Waals surface area contributed by atoms with Crippen molar-refractivity contribution in [2.45, 2.75) is 44.9 Å². The third kappa shape index (κ3) is 2.21. The quantitative estimate of drug-likeness (QED) is 0.811. The zero-order valence-electron chi connectivity index (χ0n) is 12.1. The molecule has 1 aromatic rings. The molecule has 4 fully saturated rings. The lowest BCUT2D eigenvalue weighted by molar-refractivity contribution is -0.143. The van der Waals surface area contributed by atoms with E-state index in [9.17, 15) is 13.6 Å². The van der Waals surface area contributed by atoms with Gasteiger partial charge in [-0.2, -0.15) is 0 Å². The fourth-order valence-corrected chi connectivity index (χ4v) is 5.48. The third-order valence-electron chi connectivity index (χ3n) is 6.00. The third-order valence-corrected chi connectivity index (χ3v) is 6.00. The summed E-state index contributed by atoms with van der Waals surface area (Å²) in [6, 6.07) is 3.54. The minimum Gasteiger partial charge on any atom is -0.299 e. The largest absolute Gasteiger partial charge is 0.299 e. The molecule has 1 aromatic carbocycles. The molecule has 0 amide bonds. The normalized spacial score (nSPS) is 37.0. The molecule has 0 aliphatic heterocycles. The fraction of sp³-hybridized carbons (Fsp3) is 0.611. The number of rotatable bonds is 3. The fourth-order valence-electron chi connectivity index (χ4n) is 5.48. The van der Waals surface area contributed by atoms with Crippen LogP contribution in [-0.4, -0.2) is 5.78 Å². The summed E-state index contributed by atoms with van der Waals surface area (Å²) in [5.41, 5.74) is 0.146. The second kappa shape index (κ2) is 4.62. The Kier molecular flexibility index (Phi) is 2.95. The molecule has 4 saturated carbocycles. The molecule has 5 rings (SSSR count). The molecule has 4 aliphatic rings. The van der Waals surface area contributed by atoms with Crippen molar-refractivity contribution in [3.05, 3.63) is 35.4 Å². The number of carbonyl (C=O) groups excluding carboxylic acids is 1. The predicted molar refractivity (Wildman–Crippen MR) is 75.7 cm³/mol. The zero-order chi connectivity index (χ0) is 14.6. The van der Waals surface area contributed by atoms with Gasteiger partial charge in [-0.15, -0.1) is 0 Å². The first-order chi connectivity index (χ1) is 10.0. The Morgan fingerprint density at radius 3 is 2.14 bits per heavy atom. The van der Waals surface area contributed by atoms with Crippen LogP contribution in [-0.2, 0) is 11.2 Å². The van der Waals surface area contributed by atoms with E-state index in [0.717, 1.165) is 25.3 Å². The van der Waals surface area contributed by atoms with Crippen molar-refractivity contribution in [3.8, 4) is 0 Å². The summed E-state index contributed by atoms with van der Waals surface area (Å²) in [5.74, 6) is 1.13. The minimum atomic E-state index is -0.590. The number of Topliss-reactive ketones (excluding diaryl/α,β-unsaturated/α-hetero) is 1. The maximum atomic E-state index is 13.8. The smallest absolute Gasteiger partial charge is 0.143 e. The van der Waals surface area contributed by atoms with Crippen LogP contribution >= 0.6 is 0 Å². The lowest BCUT2D eigenvalue weighted by Crippen LogP contribution is -2.50. The maximum Gasteiger partial charge on any atom is 0.143 e. The van der Waals surface area contributed by atoms with Crippen molar-refractivity contribution in [3.63, 3.8) is 0 Å². The van der Waals surface area contributed by atoms with Crippen molar-refractivity contribution in [2.75, 3.05) is 0 Å². The lowest BCUT2D eigenvalue weighted by atomic mass is 9.48. The topological polar surface area (TPSA) is 17.1 Å². The van der Waals surface area contributed by atoms with Gasteiger partial charge in [0.15, 0.2) is 0 Å². The van der Waals surface area contributed by atoms with Gasteiger partial charge in [0.2, 0.25) is 0 Å². The van der Waals surface area contributed by atoms with Crippen LogP contribution in [0.3, 0.4) is 0 Å². The van der Waals surface area contributed by atoms with E-state index in [-0.39, 0.29) is 17.6 Å². The Bertz CT molecular complexity index is 558. The first kappa shape index (κ1) is 13.4. The number of halogens is 2. The lowest BCUT2D eigenvalue weighted by Gasteiger charge is -2.56. The molecule has 0 heterocycles. The molecule has 4 aliphatic carbocycles. The average Bonchev–Trinajstić information content (AvgIpc) is 2.40. The molecule has 112 valence electrons. The van der Waals surface area contributed by atoms with Gasteiger partial charge in [0, 0.05) is 17.9 Å².